The Morgan fingerprint density at radius 1 is 1.44 bits per heavy atom. The van der Waals surface area contributed by atoms with Gasteiger partial charge in [0.25, 0.3) is 0 Å². The van der Waals surface area contributed by atoms with Gasteiger partial charge in [0, 0.05) is 25.2 Å². The van der Waals surface area contributed by atoms with Gasteiger partial charge in [-0.15, -0.1) is 0 Å². The largest absolute Gasteiger partial charge is 0.314 e. The Morgan fingerprint density at radius 3 is 2.69 bits per heavy atom. The summed E-state index contributed by atoms with van der Waals surface area (Å²) in [7, 11) is 1.79. The second-order valence-electron chi connectivity index (χ2n) is 3.94. The lowest BCUT2D eigenvalue weighted by Crippen LogP contribution is -2.31. The average molecular weight is 223 g/mol. The number of aromatic nitrogens is 2. The van der Waals surface area contributed by atoms with Gasteiger partial charge in [0.05, 0.1) is 6.20 Å². The molecule has 0 fully saturated rings. The molecule has 1 amide bonds. The van der Waals surface area contributed by atoms with Crippen LogP contribution < -0.4 is 4.90 Å². The van der Waals surface area contributed by atoms with E-state index in [0.29, 0.717) is 0 Å². The molecule has 4 nitrogen and oxygen atoms in total. The Hall–Kier alpha value is -1.32. The average Bonchev–Trinajstić information content (AvgIpc) is 2.63. The van der Waals surface area contributed by atoms with Crippen LogP contribution in [0.1, 0.15) is 32.9 Å². The van der Waals surface area contributed by atoms with Crippen LogP contribution in [0.4, 0.5) is 5.95 Å². The summed E-state index contributed by atoms with van der Waals surface area (Å²) in [5.74, 6) is 1.03. The SMILES string of the molecule is CC.Cc1cnc2n1CCC(C)C(=O)N2C. The van der Waals surface area contributed by atoms with Gasteiger partial charge in [-0.05, 0) is 13.3 Å². The summed E-state index contributed by atoms with van der Waals surface area (Å²) in [5.41, 5.74) is 1.12. The number of amides is 1. The minimum atomic E-state index is 0.0982. The molecular formula is C12H21N3O. The molecular weight excluding hydrogens is 202 g/mol. The third kappa shape index (κ3) is 2.10. The smallest absolute Gasteiger partial charge is 0.231 e. The second kappa shape index (κ2) is 5.14. The number of nitrogens with zero attached hydrogens (tertiary/aromatic N) is 3. The predicted molar refractivity (Wildman–Crippen MR) is 65.5 cm³/mol. The Labute approximate surface area is 97.3 Å². The molecule has 1 atom stereocenters. The third-order valence-corrected chi connectivity index (χ3v) is 2.87. The molecule has 2 rings (SSSR count). The Bertz CT molecular complexity index is 370. The predicted octanol–water partition coefficient (Wildman–Crippen LogP) is 2.22. The Balaban J connectivity index is 0.000000606. The highest BCUT2D eigenvalue weighted by atomic mass is 16.2. The minimum Gasteiger partial charge on any atom is -0.314 e. The number of carbonyl (C=O) groups is 1. The fourth-order valence-electron chi connectivity index (χ4n) is 1.87. The normalized spacial score (nSPS) is 19.7. The molecule has 1 aromatic rings. The van der Waals surface area contributed by atoms with E-state index in [1.165, 1.54) is 0 Å². The first-order chi connectivity index (χ1) is 7.61. The fourth-order valence-corrected chi connectivity index (χ4v) is 1.87. The molecule has 0 saturated heterocycles. The first-order valence-corrected chi connectivity index (χ1v) is 5.91. The van der Waals surface area contributed by atoms with Gasteiger partial charge in [-0.25, -0.2) is 4.98 Å². The van der Waals surface area contributed by atoms with Crippen molar-refractivity contribution in [2.24, 2.45) is 5.92 Å². The van der Waals surface area contributed by atoms with Gasteiger partial charge in [0.1, 0.15) is 0 Å². The number of hydrogen-bond donors (Lipinski definition) is 0. The summed E-state index contributed by atoms with van der Waals surface area (Å²) in [6, 6.07) is 0. The van der Waals surface area contributed by atoms with Crippen molar-refractivity contribution in [2.75, 3.05) is 11.9 Å². The number of anilines is 1. The lowest BCUT2D eigenvalue weighted by atomic mass is 10.1. The van der Waals surface area contributed by atoms with Gasteiger partial charge in [-0.3, -0.25) is 9.69 Å². The summed E-state index contributed by atoms with van der Waals surface area (Å²) in [6.07, 6.45) is 2.71. The van der Waals surface area contributed by atoms with Gasteiger partial charge >= 0.3 is 0 Å². The molecule has 2 heterocycles. The summed E-state index contributed by atoms with van der Waals surface area (Å²) < 4.78 is 2.10. The topological polar surface area (TPSA) is 38.1 Å². The van der Waals surface area contributed by atoms with Crippen LogP contribution in [-0.2, 0) is 11.3 Å². The van der Waals surface area contributed by atoms with Crippen LogP contribution in [0.2, 0.25) is 0 Å². The quantitative estimate of drug-likeness (QED) is 0.676. The minimum absolute atomic E-state index is 0.0982. The summed E-state index contributed by atoms with van der Waals surface area (Å²) >= 11 is 0. The highest BCUT2D eigenvalue weighted by Gasteiger charge is 2.26. The van der Waals surface area contributed by atoms with Crippen LogP contribution in [0.5, 0.6) is 0 Å². The van der Waals surface area contributed by atoms with E-state index in [-0.39, 0.29) is 11.8 Å². The molecule has 1 aliphatic rings. The maximum absolute atomic E-state index is 11.8. The van der Waals surface area contributed by atoms with Gasteiger partial charge in [0.2, 0.25) is 11.9 Å². The highest BCUT2D eigenvalue weighted by molar-refractivity contribution is 5.93. The molecule has 1 unspecified atom stereocenters. The number of carbonyl (C=O) groups excluding carboxylic acids is 1. The molecule has 0 radical (unpaired) electrons. The highest BCUT2D eigenvalue weighted by Crippen LogP contribution is 2.22. The maximum Gasteiger partial charge on any atom is 0.231 e. The lowest BCUT2D eigenvalue weighted by molar-refractivity contribution is -0.121. The van der Waals surface area contributed by atoms with Crippen molar-refractivity contribution < 1.29 is 4.79 Å². The van der Waals surface area contributed by atoms with Crippen molar-refractivity contribution in [2.45, 2.75) is 40.7 Å². The molecule has 4 heteroatoms. The van der Waals surface area contributed by atoms with Crippen molar-refractivity contribution in [1.82, 2.24) is 9.55 Å². The fraction of sp³-hybridized carbons (Fsp3) is 0.667. The second-order valence-corrected chi connectivity index (χ2v) is 3.94. The van der Waals surface area contributed by atoms with E-state index in [1.54, 1.807) is 11.9 Å². The monoisotopic (exact) mass is 223 g/mol. The van der Waals surface area contributed by atoms with E-state index in [9.17, 15) is 4.79 Å². The summed E-state index contributed by atoms with van der Waals surface area (Å²) in [5, 5.41) is 0. The van der Waals surface area contributed by atoms with E-state index >= 15 is 0 Å². The van der Waals surface area contributed by atoms with Crippen LogP contribution >= 0.6 is 0 Å². The number of fused-ring (bicyclic) bond motifs is 1. The van der Waals surface area contributed by atoms with E-state index in [2.05, 4.69) is 9.55 Å². The van der Waals surface area contributed by atoms with E-state index in [4.69, 9.17) is 0 Å². The molecule has 90 valence electrons. The molecule has 1 aliphatic heterocycles. The molecule has 0 bridgehead atoms. The molecule has 0 aromatic carbocycles. The number of imidazole rings is 1. The number of aryl methyl sites for hydroxylation is 1. The molecule has 0 aliphatic carbocycles. The molecule has 16 heavy (non-hydrogen) atoms. The summed E-state index contributed by atoms with van der Waals surface area (Å²) in [4.78, 5) is 17.7. The van der Waals surface area contributed by atoms with Crippen molar-refractivity contribution in [3.63, 3.8) is 0 Å². The molecule has 0 saturated carbocycles. The van der Waals surface area contributed by atoms with Crippen LogP contribution in [0.25, 0.3) is 0 Å². The summed E-state index contributed by atoms with van der Waals surface area (Å²) in [6.45, 7) is 8.88. The van der Waals surface area contributed by atoms with Gasteiger partial charge in [-0.1, -0.05) is 20.8 Å². The van der Waals surface area contributed by atoms with Crippen LogP contribution in [-0.4, -0.2) is 22.5 Å². The van der Waals surface area contributed by atoms with Crippen molar-refractivity contribution in [3.05, 3.63) is 11.9 Å². The molecule has 1 aromatic heterocycles. The van der Waals surface area contributed by atoms with Crippen LogP contribution in [0.15, 0.2) is 6.20 Å². The Kier molecular flexibility index (Phi) is 4.10. The van der Waals surface area contributed by atoms with Gasteiger partial charge < -0.3 is 4.57 Å². The van der Waals surface area contributed by atoms with E-state index < -0.39 is 0 Å². The van der Waals surface area contributed by atoms with Gasteiger partial charge in [-0.2, -0.15) is 0 Å². The van der Waals surface area contributed by atoms with E-state index in [1.807, 2.05) is 33.9 Å². The number of hydrogen-bond acceptors (Lipinski definition) is 2. The molecule has 0 N–H and O–H groups in total. The lowest BCUT2D eigenvalue weighted by Gasteiger charge is -2.15. The zero-order chi connectivity index (χ0) is 12.3. The van der Waals surface area contributed by atoms with Gasteiger partial charge in [0.15, 0.2) is 0 Å². The molecule has 0 spiro atoms. The van der Waals surface area contributed by atoms with Crippen molar-refractivity contribution >= 4 is 11.9 Å². The van der Waals surface area contributed by atoms with Crippen molar-refractivity contribution in [1.29, 1.82) is 0 Å². The van der Waals surface area contributed by atoms with Crippen LogP contribution in [0, 0.1) is 12.8 Å². The third-order valence-electron chi connectivity index (χ3n) is 2.87. The van der Waals surface area contributed by atoms with Crippen LogP contribution in [0.3, 0.4) is 0 Å². The first-order valence-electron chi connectivity index (χ1n) is 5.91. The zero-order valence-corrected chi connectivity index (χ0v) is 10.8. The Morgan fingerprint density at radius 2 is 2.06 bits per heavy atom. The maximum atomic E-state index is 11.8. The zero-order valence-electron chi connectivity index (χ0n) is 10.8. The van der Waals surface area contributed by atoms with Crippen molar-refractivity contribution in [3.8, 4) is 0 Å². The van der Waals surface area contributed by atoms with E-state index in [0.717, 1.165) is 24.6 Å². The first kappa shape index (κ1) is 12.7. The standard InChI is InChI=1S/C10H15N3O.C2H6/c1-7-4-5-13-8(2)6-11-10(13)12(3)9(7)14;1-2/h6-7H,4-5H2,1-3H3;1-2H3. The number of rotatable bonds is 0.